The Morgan fingerprint density at radius 3 is 1.17 bits per heavy atom. The summed E-state index contributed by atoms with van der Waals surface area (Å²) in [5.74, 6) is -0.641. The Labute approximate surface area is 256 Å². The fraction of sp³-hybridized carbons (Fsp3) is 0. The normalized spacial score (nSPS) is 10.6. The van der Waals surface area contributed by atoms with Crippen LogP contribution in [0.15, 0.2) is 118 Å². The van der Waals surface area contributed by atoms with E-state index in [1.165, 1.54) is 24.3 Å². The molecule has 0 aliphatic carbocycles. The number of aldehydes is 2. The van der Waals surface area contributed by atoms with Gasteiger partial charge in [0.15, 0.2) is 12.6 Å². The van der Waals surface area contributed by atoms with Gasteiger partial charge < -0.3 is 0 Å². The van der Waals surface area contributed by atoms with Crippen LogP contribution in [0.1, 0.15) is 20.7 Å². The molecular weight excluding hydrogens is 670 g/mol. The number of hydrogen-bond acceptors (Lipinski definition) is 4. The number of hydrogen-bond donors (Lipinski definition) is 0. The first kappa shape index (κ1) is 29.0. The number of rotatable bonds is 6. The lowest BCUT2D eigenvalue weighted by atomic mass is 10.1. The number of nitrogens with zero attached hydrogens (tertiary/aromatic N) is 4. The summed E-state index contributed by atoms with van der Waals surface area (Å²) in [6.45, 7) is 0. The summed E-state index contributed by atoms with van der Waals surface area (Å²) in [6.07, 6.45) is 4.83. The summed E-state index contributed by atoms with van der Waals surface area (Å²) < 4.78 is 31.2. The zero-order valence-corrected chi connectivity index (χ0v) is 24.8. The highest BCUT2D eigenvalue weighted by Gasteiger charge is 2.13. The molecule has 2 aromatic heterocycles. The van der Waals surface area contributed by atoms with Crippen LogP contribution in [0.2, 0.25) is 0 Å². The van der Waals surface area contributed by atoms with Crippen molar-refractivity contribution in [3.63, 3.8) is 0 Å². The van der Waals surface area contributed by atoms with Crippen molar-refractivity contribution in [3.8, 4) is 33.9 Å². The molecule has 0 aliphatic heterocycles. The van der Waals surface area contributed by atoms with Crippen LogP contribution in [-0.4, -0.2) is 32.1 Å². The third-order valence-corrected chi connectivity index (χ3v) is 7.21. The van der Waals surface area contributed by atoms with Gasteiger partial charge in [0.2, 0.25) is 0 Å². The Bertz CT molecular complexity index is 1700. The van der Waals surface area contributed by atoms with Crippen molar-refractivity contribution in [2.24, 2.45) is 0 Å². The van der Waals surface area contributed by atoms with Crippen LogP contribution < -0.4 is 0 Å². The molecule has 4 aromatic carbocycles. The Hall–Kier alpha value is -4.54. The molecule has 0 N–H and O–H groups in total. The van der Waals surface area contributed by atoms with E-state index in [1.807, 2.05) is 48.5 Å². The lowest BCUT2D eigenvalue weighted by Crippen LogP contribution is -1.94. The van der Waals surface area contributed by atoms with E-state index in [2.05, 4.69) is 42.1 Å². The highest BCUT2D eigenvalue weighted by Crippen LogP contribution is 2.25. The SMILES string of the molecule is O=Cc1cn(-c2ccc(Br)cc2)nc1-c1ccc(F)cc1.O=Cc1cn(-c2ccc(Br)cc2)nc1-c1ccc(F)cc1. The molecule has 10 heteroatoms. The molecular formula is C32H20Br2F2N4O2. The second kappa shape index (κ2) is 13.0. The number of halogens is 4. The Kier molecular flexibility index (Phi) is 8.94. The largest absolute Gasteiger partial charge is 0.298 e. The number of carbonyl (C=O) groups is 2. The van der Waals surface area contributed by atoms with Crippen LogP contribution in [0.5, 0.6) is 0 Å². The topological polar surface area (TPSA) is 69.8 Å². The number of benzene rings is 4. The Morgan fingerprint density at radius 2 is 0.857 bits per heavy atom. The van der Waals surface area contributed by atoms with Crippen molar-refractivity contribution < 1.29 is 18.4 Å². The molecule has 0 radical (unpaired) electrons. The maximum absolute atomic E-state index is 13.0. The van der Waals surface area contributed by atoms with Gasteiger partial charge >= 0.3 is 0 Å². The van der Waals surface area contributed by atoms with E-state index in [1.54, 1.807) is 46.0 Å². The molecule has 6 nitrogen and oxygen atoms in total. The molecule has 0 spiro atoms. The molecule has 0 bridgehead atoms. The first-order chi connectivity index (χ1) is 20.3. The minimum absolute atomic E-state index is 0.321. The quantitative estimate of drug-likeness (QED) is 0.165. The third-order valence-electron chi connectivity index (χ3n) is 6.16. The average molecular weight is 690 g/mol. The van der Waals surface area contributed by atoms with Gasteiger partial charge in [-0.1, -0.05) is 31.9 Å². The lowest BCUT2D eigenvalue weighted by molar-refractivity contribution is 0.111. The molecule has 0 saturated carbocycles. The van der Waals surface area contributed by atoms with Crippen LogP contribution in [-0.2, 0) is 0 Å². The summed E-state index contributed by atoms with van der Waals surface area (Å²) in [4.78, 5) is 22.5. The minimum Gasteiger partial charge on any atom is -0.298 e. The second-order valence-corrected chi connectivity index (χ2v) is 10.8. The van der Waals surface area contributed by atoms with Gasteiger partial charge in [-0.15, -0.1) is 0 Å². The average Bonchev–Trinajstić information content (AvgIpc) is 3.64. The molecule has 42 heavy (non-hydrogen) atoms. The van der Waals surface area contributed by atoms with Crippen molar-refractivity contribution in [3.05, 3.63) is 141 Å². The van der Waals surface area contributed by atoms with Crippen LogP contribution in [0.3, 0.4) is 0 Å². The predicted molar refractivity (Wildman–Crippen MR) is 164 cm³/mol. The maximum Gasteiger partial charge on any atom is 0.153 e. The summed E-state index contributed by atoms with van der Waals surface area (Å²) in [5.41, 5.74) is 5.09. The van der Waals surface area contributed by atoms with E-state index in [-0.39, 0.29) is 11.6 Å². The molecule has 208 valence electrons. The maximum atomic E-state index is 13.0. The van der Waals surface area contributed by atoms with E-state index >= 15 is 0 Å². The van der Waals surface area contributed by atoms with Gasteiger partial charge in [0.05, 0.1) is 22.5 Å². The van der Waals surface area contributed by atoms with Crippen LogP contribution >= 0.6 is 31.9 Å². The van der Waals surface area contributed by atoms with Crippen molar-refractivity contribution in [2.75, 3.05) is 0 Å². The molecule has 0 aliphatic rings. The van der Waals surface area contributed by atoms with Gasteiger partial charge in [-0.25, -0.2) is 18.1 Å². The summed E-state index contributed by atoms with van der Waals surface area (Å²) >= 11 is 6.75. The van der Waals surface area contributed by atoms with Crippen LogP contribution in [0, 0.1) is 11.6 Å². The highest BCUT2D eigenvalue weighted by molar-refractivity contribution is 9.10. The fourth-order valence-corrected chi connectivity index (χ4v) is 4.59. The zero-order chi connectivity index (χ0) is 29.6. The smallest absolute Gasteiger partial charge is 0.153 e. The number of carbonyl (C=O) groups excluding carboxylic acids is 2. The van der Waals surface area contributed by atoms with E-state index < -0.39 is 0 Å². The zero-order valence-electron chi connectivity index (χ0n) is 21.7. The molecule has 2 heterocycles. The third kappa shape index (κ3) is 6.67. The molecule has 0 amide bonds. The van der Waals surface area contributed by atoms with E-state index in [0.29, 0.717) is 33.6 Å². The highest BCUT2D eigenvalue weighted by atomic mass is 79.9. The first-order valence-corrected chi connectivity index (χ1v) is 14.1. The van der Waals surface area contributed by atoms with E-state index in [4.69, 9.17) is 0 Å². The minimum atomic E-state index is -0.321. The van der Waals surface area contributed by atoms with Crippen molar-refractivity contribution >= 4 is 44.4 Å². The summed E-state index contributed by atoms with van der Waals surface area (Å²) in [7, 11) is 0. The van der Waals surface area contributed by atoms with Crippen molar-refractivity contribution in [1.82, 2.24) is 19.6 Å². The fourth-order valence-electron chi connectivity index (χ4n) is 4.06. The predicted octanol–water partition coefficient (Wildman–Crippen LogP) is 8.51. The van der Waals surface area contributed by atoms with Crippen LogP contribution in [0.4, 0.5) is 8.78 Å². The lowest BCUT2D eigenvalue weighted by Gasteiger charge is -2.01. The van der Waals surface area contributed by atoms with Crippen LogP contribution in [0.25, 0.3) is 33.9 Å². The molecule has 6 rings (SSSR count). The van der Waals surface area contributed by atoms with Gasteiger partial charge in [-0.3, -0.25) is 9.59 Å². The molecule has 0 fully saturated rings. The molecule has 0 saturated heterocycles. The summed E-state index contributed by atoms with van der Waals surface area (Å²) in [6, 6.07) is 27.0. The second-order valence-electron chi connectivity index (χ2n) is 8.96. The monoisotopic (exact) mass is 688 g/mol. The number of aromatic nitrogens is 4. The molecule has 6 aromatic rings. The Morgan fingerprint density at radius 1 is 0.524 bits per heavy atom. The summed E-state index contributed by atoms with van der Waals surface area (Å²) in [5, 5.41) is 8.86. The molecule has 0 atom stereocenters. The van der Waals surface area contributed by atoms with E-state index in [9.17, 15) is 18.4 Å². The standard InChI is InChI=1S/2C16H10BrFN2O/c2*17-13-3-7-15(8-4-13)20-9-12(10-21)16(19-20)11-1-5-14(18)6-2-11/h2*1-10H. The van der Waals surface area contributed by atoms with Crippen molar-refractivity contribution in [2.45, 2.75) is 0 Å². The van der Waals surface area contributed by atoms with Gasteiger partial charge in [-0.05, 0) is 97.1 Å². The van der Waals surface area contributed by atoms with Gasteiger partial charge in [0.1, 0.15) is 23.0 Å². The van der Waals surface area contributed by atoms with Gasteiger partial charge in [0.25, 0.3) is 0 Å². The van der Waals surface area contributed by atoms with Crippen molar-refractivity contribution in [1.29, 1.82) is 0 Å². The molecule has 0 unspecified atom stereocenters. The van der Waals surface area contributed by atoms with Gasteiger partial charge in [0, 0.05) is 32.5 Å². The first-order valence-electron chi connectivity index (χ1n) is 12.5. The van der Waals surface area contributed by atoms with E-state index in [0.717, 1.165) is 32.9 Å². The van der Waals surface area contributed by atoms with Gasteiger partial charge in [-0.2, -0.15) is 10.2 Å². The Balaban J connectivity index is 0.000000168.